The summed E-state index contributed by atoms with van der Waals surface area (Å²) in [4.78, 5) is 17.7. The van der Waals surface area contributed by atoms with Gasteiger partial charge < -0.3 is 10.1 Å². The summed E-state index contributed by atoms with van der Waals surface area (Å²) in [5, 5.41) is 9.01. The Labute approximate surface area is 90.5 Å². The van der Waals surface area contributed by atoms with Gasteiger partial charge in [0.05, 0.1) is 11.3 Å². The molecule has 0 atom stereocenters. The highest BCUT2D eigenvalue weighted by molar-refractivity contribution is 6.29. The van der Waals surface area contributed by atoms with E-state index in [0.717, 1.165) is 5.56 Å². The topological polar surface area (TPSA) is 66.0 Å². The van der Waals surface area contributed by atoms with Crippen LogP contribution in [0.2, 0.25) is 5.15 Å². The van der Waals surface area contributed by atoms with Crippen LogP contribution >= 0.6 is 11.6 Å². The maximum absolute atomic E-state index is 10.8. The minimum atomic E-state index is -1.02. The monoisotopic (exact) mass is 222 g/mol. The molecule has 2 heterocycles. The van der Waals surface area contributed by atoms with Crippen LogP contribution in [-0.2, 0) is 0 Å². The number of halogens is 1. The standard InChI is InChI=1S/C10H7ClN2O2/c11-9-4-7(10(14)15)3-8(13-9)6-1-2-12-5-6/h1-5,12H,(H,14,15). The Morgan fingerprint density at radius 1 is 1.47 bits per heavy atom. The molecule has 0 unspecified atom stereocenters. The first-order valence-electron chi connectivity index (χ1n) is 4.21. The second-order valence-corrected chi connectivity index (χ2v) is 3.36. The van der Waals surface area contributed by atoms with Crippen molar-refractivity contribution in [2.24, 2.45) is 0 Å². The number of aromatic carboxylic acids is 1. The second-order valence-electron chi connectivity index (χ2n) is 2.97. The summed E-state index contributed by atoms with van der Waals surface area (Å²) in [5.41, 5.74) is 1.48. The zero-order valence-electron chi connectivity index (χ0n) is 7.57. The summed E-state index contributed by atoms with van der Waals surface area (Å²) in [6.45, 7) is 0. The molecule has 2 N–H and O–H groups in total. The van der Waals surface area contributed by atoms with Gasteiger partial charge >= 0.3 is 5.97 Å². The molecule has 0 aliphatic carbocycles. The van der Waals surface area contributed by atoms with E-state index in [2.05, 4.69) is 9.97 Å². The summed E-state index contributed by atoms with van der Waals surface area (Å²) in [6.07, 6.45) is 3.46. The molecule has 0 radical (unpaired) electrons. The van der Waals surface area contributed by atoms with Crippen LogP contribution in [0.1, 0.15) is 10.4 Å². The molecule has 0 saturated carbocycles. The minimum absolute atomic E-state index is 0.131. The third-order valence-corrected chi connectivity index (χ3v) is 2.13. The maximum Gasteiger partial charge on any atom is 0.335 e. The lowest BCUT2D eigenvalue weighted by atomic mass is 10.1. The average molecular weight is 223 g/mol. The van der Waals surface area contributed by atoms with Gasteiger partial charge in [0.25, 0.3) is 0 Å². The molecule has 0 bridgehead atoms. The Morgan fingerprint density at radius 3 is 2.87 bits per heavy atom. The largest absolute Gasteiger partial charge is 0.478 e. The van der Waals surface area contributed by atoms with Gasteiger partial charge in [-0.05, 0) is 18.2 Å². The number of carboxylic acid groups (broad SMARTS) is 1. The zero-order chi connectivity index (χ0) is 10.8. The molecule has 0 saturated heterocycles. The molecule has 0 aromatic carbocycles. The molecule has 2 rings (SSSR count). The van der Waals surface area contributed by atoms with Gasteiger partial charge in [-0.2, -0.15) is 0 Å². The van der Waals surface area contributed by atoms with E-state index < -0.39 is 5.97 Å². The summed E-state index contributed by atoms with van der Waals surface area (Å²) in [5.74, 6) is -1.02. The molecular weight excluding hydrogens is 216 g/mol. The lowest BCUT2D eigenvalue weighted by Crippen LogP contribution is -1.97. The first-order valence-corrected chi connectivity index (χ1v) is 4.58. The number of hydrogen-bond donors (Lipinski definition) is 2. The minimum Gasteiger partial charge on any atom is -0.478 e. The highest BCUT2D eigenvalue weighted by Crippen LogP contribution is 2.20. The molecule has 0 aliphatic heterocycles. The molecule has 0 aliphatic rings. The number of rotatable bonds is 2. The highest BCUT2D eigenvalue weighted by atomic mass is 35.5. The van der Waals surface area contributed by atoms with E-state index in [1.165, 1.54) is 12.1 Å². The molecule has 0 amide bonds. The number of nitrogens with one attached hydrogen (secondary N) is 1. The third kappa shape index (κ3) is 1.99. The van der Waals surface area contributed by atoms with Crippen molar-refractivity contribution in [3.05, 3.63) is 41.3 Å². The fourth-order valence-electron chi connectivity index (χ4n) is 1.25. The first-order chi connectivity index (χ1) is 7.16. The van der Waals surface area contributed by atoms with Gasteiger partial charge in [0.2, 0.25) is 0 Å². The van der Waals surface area contributed by atoms with Crippen LogP contribution < -0.4 is 0 Å². The Bertz CT molecular complexity index is 494. The number of pyridine rings is 1. The first kappa shape index (κ1) is 9.73. The van der Waals surface area contributed by atoms with Crippen molar-refractivity contribution in [3.63, 3.8) is 0 Å². The van der Waals surface area contributed by atoms with Crippen LogP contribution in [0.4, 0.5) is 0 Å². The summed E-state index contributed by atoms with van der Waals surface area (Å²) >= 11 is 5.73. The number of carbonyl (C=O) groups is 1. The van der Waals surface area contributed by atoms with Gasteiger partial charge in [-0.15, -0.1) is 0 Å². The van der Waals surface area contributed by atoms with Gasteiger partial charge in [-0.1, -0.05) is 11.6 Å². The smallest absolute Gasteiger partial charge is 0.335 e. The van der Waals surface area contributed by atoms with Gasteiger partial charge in [-0.25, -0.2) is 9.78 Å². The molecule has 5 heteroatoms. The van der Waals surface area contributed by atoms with Crippen molar-refractivity contribution in [3.8, 4) is 11.3 Å². The zero-order valence-corrected chi connectivity index (χ0v) is 8.32. The maximum atomic E-state index is 10.8. The van der Waals surface area contributed by atoms with E-state index in [1.807, 2.05) is 0 Å². The lowest BCUT2D eigenvalue weighted by molar-refractivity contribution is 0.0697. The van der Waals surface area contributed by atoms with Crippen LogP contribution in [0.15, 0.2) is 30.6 Å². The Balaban J connectivity index is 2.54. The SMILES string of the molecule is O=C(O)c1cc(Cl)nc(-c2cc[nH]c2)c1. The highest BCUT2D eigenvalue weighted by Gasteiger charge is 2.08. The van der Waals surface area contributed by atoms with Crippen LogP contribution in [0.3, 0.4) is 0 Å². The van der Waals surface area contributed by atoms with Crippen molar-refractivity contribution in [1.82, 2.24) is 9.97 Å². The quantitative estimate of drug-likeness (QED) is 0.767. The van der Waals surface area contributed by atoms with Crippen LogP contribution in [-0.4, -0.2) is 21.0 Å². The van der Waals surface area contributed by atoms with Gasteiger partial charge in [0, 0.05) is 18.0 Å². The summed E-state index contributed by atoms with van der Waals surface area (Å²) in [7, 11) is 0. The van der Waals surface area contributed by atoms with E-state index in [9.17, 15) is 4.79 Å². The normalized spacial score (nSPS) is 10.2. The van der Waals surface area contributed by atoms with Gasteiger partial charge in [0.1, 0.15) is 5.15 Å². The van der Waals surface area contributed by atoms with Crippen LogP contribution in [0, 0.1) is 0 Å². The van der Waals surface area contributed by atoms with Crippen molar-refractivity contribution < 1.29 is 9.90 Å². The van der Waals surface area contributed by atoms with Crippen molar-refractivity contribution in [1.29, 1.82) is 0 Å². The molecular formula is C10H7ClN2O2. The molecule has 15 heavy (non-hydrogen) atoms. The fraction of sp³-hybridized carbons (Fsp3) is 0. The predicted octanol–water partition coefficient (Wildman–Crippen LogP) is 2.43. The Kier molecular flexibility index (Phi) is 2.43. The summed E-state index contributed by atoms with van der Waals surface area (Å²) < 4.78 is 0. The molecule has 0 spiro atoms. The van der Waals surface area contributed by atoms with E-state index in [-0.39, 0.29) is 10.7 Å². The van der Waals surface area contributed by atoms with Crippen LogP contribution in [0.5, 0.6) is 0 Å². The molecule has 0 fully saturated rings. The fourth-order valence-corrected chi connectivity index (χ4v) is 1.46. The Hall–Kier alpha value is -1.81. The lowest BCUT2D eigenvalue weighted by Gasteiger charge is -2.00. The van der Waals surface area contributed by atoms with Crippen molar-refractivity contribution >= 4 is 17.6 Å². The van der Waals surface area contributed by atoms with E-state index in [0.29, 0.717) is 5.69 Å². The molecule has 2 aromatic heterocycles. The molecule has 76 valence electrons. The van der Waals surface area contributed by atoms with Crippen molar-refractivity contribution in [2.75, 3.05) is 0 Å². The van der Waals surface area contributed by atoms with Gasteiger partial charge in [-0.3, -0.25) is 0 Å². The predicted molar refractivity (Wildman–Crippen MR) is 56.0 cm³/mol. The van der Waals surface area contributed by atoms with E-state index >= 15 is 0 Å². The Morgan fingerprint density at radius 2 is 2.27 bits per heavy atom. The van der Waals surface area contributed by atoms with Gasteiger partial charge in [0.15, 0.2) is 0 Å². The van der Waals surface area contributed by atoms with Crippen molar-refractivity contribution in [2.45, 2.75) is 0 Å². The van der Waals surface area contributed by atoms with E-state index in [4.69, 9.17) is 16.7 Å². The second kappa shape index (κ2) is 3.74. The number of aromatic amines is 1. The third-order valence-electron chi connectivity index (χ3n) is 1.93. The number of aromatic nitrogens is 2. The number of nitrogens with zero attached hydrogens (tertiary/aromatic N) is 1. The summed E-state index contributed by atoms with van der Waals surface area (Å²) in [6, 6.07) is 4.60. The average Bonchev–Trinajstić information content (AvgIpc) is 2.69. The molecule has 4 nitrogen and oxygen atoms in total. The van der Waals surface area contributed by atoms with E-state index in [1.54, 1.807) is 18.5 Å². The number of carboxylic acids is 1. The number of hydrogen-bond acceptors (Lipinski definition) is 2. The van der Waals surface area contributed by atoms with Crippen LogP contribution in [0.25, 0.3) is 11.3 Å². The number of H-pyrrole nitrogens is 1. The molecule has 2 aromatic rings.